The lowest BCUT2D eigenvalue weighted by Crippen LogP contribution is -2.24. The van der Waals surface area contributed by atoms with Crippen LogP contribution in [-0.4, -0.2) is 23.8 Å². The fourth-order valence-electron chi connectivity index (χ4n) is 3.23. The summed E-state index contributed by atoms with van der Waals surface area (Å²) in [5, 5.41) is 12.7. The minimum absolute atomic E-state index is 0.0105. The van der Waals surface area contributed by atoms with E-state index in [4.69, 9.17) is 37.8 Å². The number of hydrogen-bond donors (Lipinski definition) is 2. The molecule has 0 aliphatic carbocycles. The molecule has 2 N–H and O–H groups in total. The molecular weight excluding hydrogens is 465 g/mol. The first-order valence-corrected chi connectivity index (χ1v) is 11.0. The molecule has 0 heterocycles. The summed E-state index contributed by atoms with van der Waals surface area (Å²) in [7, 11) is 0. The number of carbonyl (C=O) groups is 2. The van der Waals surface area contributed by atoms with Crippen molar-refractivity contribution in [2.24, 2.45) is 0 Å². The molecule has 3 aromatic rings. The first-order chi connectivity index (χ1) is 15.9. The average Bonchev–Trinajstić information content (AvgIpc) is 2.77. The third-order valence-electron chi connectivity index (χ3n) is 4.77. The number of aliphatic carboxylic acids is 1. The Morgan fingerprint density at radius 1 is 0.970 bits per heavy atom. The molecule has 0 radical (unpaired) electrons. The van der Waals surface area contributed by atoms with Crippen LogP contribution < -0.4 is 10.1 Å². The second kappa shape index (κ2) is 11.6. The number of benzene rings is 3. The van der Waals surface area contributed by atoms with Crippen LogP contribution in [0.2, 0.25) is 10.0 Å². The van der Waals surface area contributed by atoms with Gasteiger partial charge in [0.15, 0.2) is 0 Å². The van der Waals surface area contributed by atoms with Crippen molar-refractivity contribution >= 4 is 35.3 Å². The molecular formula is C25H23Cl2NO5. The van der Waals surface area contributed by atoms with E-state index in [2.05, 4.69) is 5.32 Å². The summed E-state index contributed by atoms with van der Waals surface area (Å²) >= 11 is 12.0. The number of amides is 1. The molecule has 8 heteroatoms. The molecule has 0 saturated carbocycles. The second-order valence-corrected chi connectivity index (χ2v) is 8.04. The SMILES string of the molecule is CCOc1ccc(-c2cccc(CC(=O)O)c2)cc1CNC(=O)OCc1ccc(Cl)cc1Cl. The van der Waals surface area contributed by atoms with Crippen LogP contribution in [0.3, 0.4) is 0 Å². The molecule has 172 valence electrons. The van der Waals surface area contributed by atoms with Crippen LogP contribution in [0.15, 0.2) is 60.7 Å². The highest BCUT2D eigenvalue weighted by Gasteiger charge is 2.11. The largest absolute Gasteiger partial charge is 0.494 e. The van der Waals surface area contributed by atoms with Gasteiger partial charge in [-0.1, -0.05) is 59.6 Å². The molecule has 6 nitrogen and oxygen atoms in total. The Morgan fingerprint density at radius 2 is 1.76 bits per heavy atom. The zero-order chi connectivity index (χ0) is 23.8. The van der Waals surface area contributed by atoms with Crippen molar-refractivity contribution in [3.05, 3.63) is 87.4 Å². The van der Waals surface area contributed by atoms with Gasteiger partial charge in [0, 0.05) is 27.7 Å². The summed E-state index contributed by atoms with van der Waals surface area (Å²) in [4.78, 5) is 23.3. The van der Waals surface area contributed by atoms with Gasteiger partial charge in [-0.3, -0.25) is 4.79 Å². The molecule has 0 unspecified atom stereocenters. The van der Waals surface area contributed by atoms with Crippen LogP contribution in [0.5, 0.6) is 5.75 Å². The Bertz CT molecular complexity index is 1150. The number of carboxylic acids is 1. The van der Waals surface area contributed by atoms with E-state index in [0.29, 0.717) is 33.5 Å². The maximum absolute atomic E-state index is 12.2. The van der Waals surface area contributed by atoms with E-state index in [-0.39, 0.29) is 19.6 Å². The summed E-state index contributed by atoms with van der Waals surface area (Å²) in [6, 6.07) is 17.9. The third-order valence-corrected chi connectivity index (χ3v) is 5.36. The molecule has 0 aromatic heterocycles. The smallest absolute Gasteiger partial charge is 0.407 e. The van der Waals surface area contributed by atoms with Crippen molar-refractivity contribution in [3.63, 3.8) is 0 Å². The van der Waals surface area contributed by atoms with Gasteiger partial charge in [-0.05, 0) is 47.9 Å². The van der Waals surface area contributed by atoms with Crippen molar-refractivity contribution in [3.8, 4) is 16.9 Å². The second-order valence-electron chi connectivity index (χ2n) is 7.19. The monoisotopic (exact) mass is 487 g/mol. The molecule has 1 amide bonds. The van der Waals surface area contributed by atoms with E-state index in [9.17, 15) is 9.59 Å². The third kappa shape index (κ3) is 7.14. The fraction of sp³-hybridized carbons (Fsp3) is 0.200. The highest BCUT2D eigenvalue weighted by molar-refractivity contribution is 6.35. The molecule has 0 aliphatic heterocycles. The van der Waals surface area contributed by atoms with Crippen LogP contribution in [-0.2, 0) is 29.1 Å². The highest BCUT2D eigenvalue weighted by atomic mass is 35.5. The normalized spacial score (nSPS) is 10.5. The van der Waals surface area contributed by atoms with Crippen molar-refractivity contribution in [1.82, 2.24) is 5.32 Å². The van der Waals surface area contributed by atoms with Crippen LogP contribution in [0.25, 0.3) is 11.1 Å². The number of rotatable bonds is 9. The van der Waals surface area contributed by atoms with Gasteiger partial charge < -0.3 is 19.9 Å². The fourth-order valence-corrected chi connectivity index (χ4v) is 3.69. The molecule has 33 heavy (non-hydrogen) atoms. The summed E-state index contributed by atoms with van der Waals surface area (Å²) in [5.41, 5.74) is 3.87. The zero-order valence-electron chi connectivity index (χ0n) is 17.9. The standard InChI is InChI=1S/C25H23Cl2NO5/c1-2-32-23-9-7-18(17-5-3-4-16(10-17)11-24(29)30)12-20(23)14-28-25(31)33-15-19-6-8-21(26)13-22(19)27/h3-10,12-13H,2,11,14-15H2,1H3,(H,28,31)(H,29,30). The zero-order valence-corrected chi connectivity index (χ0v) is 19.4. The Kier molecular flexibility index (Phi) is 8.58. The predicted molar refractivity (Wildman–Crippen MR) is 128 cm³/mol. The number of ether oxygens (including phenoxy) is 2. The number of hydrogen-bond acceptors (Lipinski definition) is 4. The van der Waals surface area contributed by atoms with Crippen molar-refractivity contribution in [2.45, 2.75) is 26.5 Å². The van der Waals surface area contributed by atoms with Gasteiger partial charge in [-0.25, -0.2) is 4.79 Å². The Hall–Kier alpha value is -3.22. The Morgan fingerprint density at radius 3 is 2.48 bits per heavy atom. The van der Waals surface area contributed by atoms with Gasteiger partial charge in [0.25, 0.3) is 0 Å². The van der Waals surface area contributed by atoms with Crippen molar-refractivity contribution in [2.75, 3.05) is 6.61 Å². The summed E-state index contributed by atoms with van der Waals surface area (Å²) in [6.07, 6.45) is -0.653. The summed E-state index contributed by atoms with van der Waals surface area (Å²) in [5.74, 6) is -0.244. The van der Waals surface area contributed by atoms with Crippen LogP contribution in [0.1, 0.15) is 23.6 Å². The van der Waals surface area contributed by atoms with Crippen molar-refractivity contribution in [1.29, 1.82) is 0 Å². The van der Waals surface area contributed by atoms with Gasteiger partial charge in [0.2, 0.25) is 0 Å². The lowest BCUT2D eigenvalue weighted by Gasteiger charge is -2.14. The number of halogens is 2. The average molecular weight is 488 g/mol. The van der Waals surface area contributed by atoms with Crippen LogP contribution in [0.4, 0.5) is 4.79 Å². The van der Waals surface area contributed by atoms with E-state index in [1.807, 2.05) is 43.3 Å². The van der Waals surface area contributed by atoms with E-state index in [1.165, 1.54) is 0 Å². The Labute approximate surface area is 202 Å². The quantitative estimate of drug-likeness (QED) is 0.380. The first-order valence-electron chi connectivity index (χ1n) is 10.3. The molecule has 0 atom stereocenters. The lowest BCUT2D eigenvalue weighted by molar-refractivity contribution is -0.136. The minimum atomic E-state index is -0.887. The maximum Gasteiger partial charge on any atom is 0.407 e. The van der Waals surface area contributed by atoms with Crippen LogP contribution >= 0.6 is 23.2 Å². The molecule has 0 fully saturated rings. The van der Waals surface area contributed by atoms with E-state index in [1.54, 1.807) is 24.3 Å². The van der Waals surface area contributed by atoms with E-state index < -0.39 is 12.1 Å². The molecule has 3 rings (SSSR count). The van der Waals surface area contributed by atoms with Gasteiger partial charge in [0.1, 0.15) is 12.4 Å². The number of carbonyl (C=O) groups excluding carboxylic acids is 1. The summed E-state index contributed by atoms with van der Waals surface area (Å²) in [6.45, 7) is 2.55. The Balaban J connectivity index is 1.70. The van der Waals surface area contributed by atoms with Crippen LogP contribution in [0, 0.1) is 0 Å². The topological polar surface area (TPSA) is 84.9 Å². The summed E-state index contributed by atoms with van der Waals surface area (Å²) < 4.78 is 11.0. The first kappa shape index (κ1) is 24.4. The van der Waals surface area contributed by atoms with Gasteiger partial charge in [0.05, 0.1) is 13.0 Å². The van der Waals surface area contributed by atoms with Crippen molar-refractivity contribution < 1.29 is 24.2 Å². The minimum Gasteiger partial charge on any atom is -0.494 e. The van der Waals surface area contributed by atoms with E-state index >= 15 is 0 Å². The predicted octanol–water partition coefficient (Wildman–Crippen LogP) is 6.11. The van der Waals surface area contributed by atoms with Gasteiger partial charge in [-0.15, -0.1) is 0 Å². The molecule has 0 aliphatic rings. The number of nitrogens with one attached hydrogen (secondary N) is 1. The molecule has 0 bridgehead atoms. The maximum atomic E-state index is 12.2. The number of alkyl carbamates (subject to hydrolysis) is 1. The molecule has 0 spiro atoms. The highest BCUT2D eigenvalue weighted by Crippen LogP contribution is 2.28. The van der Waals surface area contributed by atoms with E-state index in [0.717, 1.165) is 16.7 Å². The number of carboxylic acid groups (broad SMARTS) is 1. The van der Waals surface area contributed by atoms with Gasteiger partial charge >= 0.3 is 12.1 Å². The molecule has 0 saturated heterocycles. The van der Waals surface area contributed by atoms with Gasteiger partial charge in [-0.2, -0.15) is 0 Å². The lowest BCUT2D eigenvalue weighted by atomic mass is 9.99. The molecule has 3 aromatic carbocycles.